The van der Waals surface area contributed by atoms with E-state index < -0.39 is 18.1 Å². The van der Waals surface area contributed by atoms with E-state index in [1.807, 2.05) is 51.1 Å². The van der Waals surface area contributed by atoms with Crippen molar-refractivity contribution >= 4 is 18.0 Å². The fraction of sp³-hybridized carbons (Fsp3) is 0.526. The predicted octanol–water partition coefficient (Wildman–Crippen LogP) is 2.93. The maximum absolute atomic E-state index is 13.3. The monoisotopic (exact) mass is 345 g/mol. The highest BCUT2D eigenvalue weighted by atomic mass is 16.6. The zero-order valence-electron chi connectivity index (χ0n) is 14.7. The van der Waals surface area contributed by atoms with E-state index in [0.717, 1.165) is 5.56 Å². The van der Waals surface area contributed by atoms with E-state index in [2.05, 4.69) is 0 Å². The molecule has 2 amide bonds. The number of carbonyl (C=O) groups is 3. The molecule has 2 saturated heterocycles. The van der Waals surface area contributed by atoms with Crippen molar-refractivity contribution in [2.75, 3.05) is 6.61 Å². The second-order valence-corrected chi connectivity index (χ2v) is 7.12. The van der Waals surface area contributed by atoms with Gasteiger partial charge < -0.3 is 9.47 Å². The van der Waals surface area contributed by atoms with Crippen LogP contribution >= 0.6 is 0 Å². The van der Waals surface area contributed by atoms with Crippen LogP contribution in [0.3, 0.4) is 0 Å². The summed E-state index contributed by atoms with van der Waals surface area (Å²) in [6.45, 7) is 5.96. The molecule has 2 heterocycles. The van der Waals surface area contributed by atoms with E-state index in [0.29, 0.717) is 0 Å². The number of hydrogen-bond acceptors (Lipinski definition) is 5. The van der Waals surface area contributed by atoms with Gasteiger partial charge in [0.2, 0.25) is 5.91 Å². The molecule has 2 aliphatic rings. The van der Waals surface area contributed by atoms with Crippen LogP contribution in [0.25, 0.3) is 0 Å². The highest BCUT2D eigenvalue weighted by molar-refractivity contribution is 5.96. The average Bonchev–Trinajstić information content (AvgIpc) is 2.96. The summed E-state index contributed by atoms with van der Waals surface area (Å²) in [5, 5.41) is 0. The highest BCUT2D eigenvalue weighted by Gasteiger charge is 2.49. The van der Waals surface area contributed by atoms with Gasteiger partial charge in [0.15, 0.2) is 0 Å². The summed E-state index contributed by atoms with van der Waals surface area (Å²) in [7, 11) is 0. The van der Waals surface area contributed by atoms with E-state index in [1.54, 1.807) is 0 Å². The van der Waals surface area contributed by atoms with Crippen LogP contribution in [0.2, 0.25) is 0 Å². The molecule has 0 saturated carbocycles. The summed E-state index contributed by atoms with van der Waals surface area (Å²) < 4.78 is 10.6. The van der Waals surface area contributed by atoms with Gasteiger partial charge in [-0.25, -0.2) is 9.69 Å². The molecule has 1 aromatic rings. The molecule has 0 spiro atoms. The highest BCUT2D eigenvalue weighted by Crippen LogP contribution is 2.40. The van der Waals surface area contributed by atoms with Crippen LogP contribution in [-0.4, -0.2) is 35.5 Å². The largest absolute Gasteiger partial charge is 0.457 e. The summed E-state index contributed by atoms with van der Waals surface area (Å²) in [5.41, 5.74) is 0.759. The molecule has 0 aromatic heterocycles. The molecule has 25 heavy (non-hydrogen) atoms. The van der Waals surface area contributed by atoms with Gasteiger partial charge in [-0.15, -0.1) is 0 Å². The summed E-state index contributed by atoms with van der Waals surface area (Å²) in [6, 6.07) is 8.91. The van der Waals surface area contributed by atoms with Crippen molar-refractivity contribution in [3.05, 3.63) is 35.9 Å². The first-order chi connectivity index (χ1) is 11.9. The van der Waals surface area contributed by atoms with Gasteiger partial charge >= 0.3 is 12.1 Å². The third kappa shape index (κ3) is 3.25. The third-order valence-corrected chi connectivity index (χ3v) is 5.01. The van der Waals surface area contributed by atoms with E-state index in [-0.39, 0.29) is 42.8 Å². The zero-order chi connectivity index (χ0) is 18.1. The fourth-order valence-electron chi connectivity index (χ4n) is 3.58. The Morgan fingerprint density at radius 3 is 2.52 bits per heavy atom. The van der Waals surface area contributed by atoms with Gasteiger partial charge in [0.1, 0.15) is 12.7 Å². The van der Waals surface area contributed by atoms with E-state index in [1.165, 1.54) is 4.90 Å². The van der Waals surface area contributed by atoms with Crippen LogP contribution in [0, 0.1) is 17.8 Å². The molecule has 3 rings (SSSR count). The van der Waals surface area contributed by atoms with Crippen LogP contribution in [-0.2, 0) is 19.1 Å². The minimum absolute atomic E-state index is 0.0898. The van der Waals surface area contributed by atoms with Gasteiger partial charge in [-0.3, -0.25) is 9.59 Å². The van der Waals surface area contributed by atoms with Crippen molar-refractivity contribution in [1.29, 1.82) is 0 Å². The van der Waals surface area contributed by atoms with Crippen molar-refractivity contribution in [2.24, 2.45) is 17.8 Å². The molecule has 4 atom stereocenters. The summed E-state index contributed by atoms with van der Waals surface area (Å²) >= 11 is 0. The molecule has 0 unspecified atom stereocenters. The van der Waals surface area contributed by atoms with Crippen LogP contribution in [0.4, 0.5) is 4.79 Å². The predicted molar refractivity (Wildman–Crippen MR) is 89.4 cm³/mol. The third-order valence-electron chi connectivity index (χ3n) is 5.01. The van der Waals surface area contributed by atoms with Crippen LogP contribution in [0.5, 0.6) is 0 Å². The summed E-state index contributed by atoms with van der Waals surface area (Å²) in [5.74, 6) is -1.39. The number of nitrogens with zero attached hydrogens (tertiary/aromatic N) is 1. The van der Waals surface area contributed by atoms with Crippen molar-refractivity contribution in [2.45, 2.75) is 39.3 Å². The lowest BCUT2D eigenvalue weighted by Crippen LogP contribution is -2.49. The first kappa shape index (κ1) is 17.5. The number of cyclic esters (lactones) is 2. The lowest BCUT2D eigenvalue weighted by Gasteiger charge is -2.37. The number of imide groups is 1. The number of carbonyl (C=O) groups excluding carboxylic acids is 3. The van der Waals surface area contributed by atoms with Crippen LogP contribution < -0.4 is 0 Å². The molecule has 134 valence electrons. The average molecular weight is 345 g/mol. The molecule has 0 N–H and O–H groups in total. The molecule has 0 aliphatic carbocycles. The van der Waals surface area contributed by atoms with E-state index in [4.69, 9.17) is 9.47 Å². The number of hydrogen-bond donors (Lipinski definition) is 0. The van der Waals surface area contributed by atoms with Gasteiger partial charge in [0, 0.05) is 6.42 Å². The standard InChI is InChI=1S/C19H23NO5/c1-11(2)14-10-24-19(23)20(14)18(22)16-12(3)9-15(21)25-17(16)13-7-5-4-6-8-13/h4-8,11-12,14,16-17H,9-10H2,1-3H3/t12-,14-,16+,17-/m1/s1. The Morgan fingerprint density at radius 2 is 1.88 bits per heavy atom. The topological polar surface area (TPSA) is 72.9 Å². The molecule has 0 radical (unpaired) electrons. The normalized spacial score (nSPS) is 29.5. The van der Waals surface area contributed by atoms with Crippen molar-refractivity contribution < 1.29 is 23.9 Å². The quantitative estimate of drug-likeness (QED) is 0.788. The lowest BCUT2D eigenvalue weighted by atomic mass is 9.80. The molecule has 1 aromatic carbocycles. The van der Waals surface area contributed by atoms with Crippen LogP contribution in [0.15, 0.2) is 30.3 Å². The molecular weight excluding hydrogens is 322 g/mol. The molecule has 6 nitrogen and oxygen atoms in total. The maximum Gasteiger partial charge on any atom is 0.416 e. The van der Waals surface area contributed by atoms with Gasteiger partial charge in [-0.2, -0.15) is 0 Å². The van der Waals surface area contributed by atoms with Gasteiger partial charge in [0.25, 0.3) is 0 Å². The number of rotatable bonds is 3. The van der Waals surface area contributed by atoms with E-state index >= 15 is 0 Å². The molecule has 6 heteroatoms. The Hall–Kier alpha value is -2.37. The molecular formula is C19H23NO5. The van der Waals surface area contributed by atoms with Crippen LogP contribution in [0.1, 0.15) is 38.9 Å². The Morgan fingerprint density at radius 1 is 1.20 bits per heavy atom. The van der Waals surface area contributed by atoms with Crippen molar-refractivity contribution in [1.82, 2.24) is 4.90 Å². The summed E-state index contributed by atoms with van der Waals surface area (Å²) in [4.78, 5) is 38.6. The second-order valence-electron chi connectivity index (χ2n) is 7.12. The second kappa shape index (κ2) is 6.86. The fourth-order valence-corrected chi connectivity index (χ4v) is 3.58. The number of esters is 1. The Balaban J connectivity index is 1.95. The first-order valence-corrected chi connectivity index (χ1v) is 8.64. The molecule has 0 bridgehead atoms. The number of benzene rings is 1. The smallest absolute Gasteiger partial charge is 0.416 e. The number of ether oxygens (including phenoxy) is 2. The lowest BCUT2D eigenvalue weighted by molar-refractivity contribution is -0.169. The van der Waals surface area contributed by atoms with Gasteiger partial charge in [-0.1, -0.05) is 51.1 Å². The Kier molecular flexibility index (Phi) is 4.79. The van der Waals surface area contributed by atoms with Crippen molar-refractivity contribution in [3.63, 3.8) is 0 Å². The zero-order valence-corrected chi connectivity index (χ0v) is 14.7. The van der Waals surface area contributed by atoms with Gasteiger partial charge in [0.05, 0.1) is 12.0 Å². The SMILES string of the molecule is CC(C)[C@H]1COC(=O)N1C(=O)[C@H]1[C@H](C)CC(=O)O[C@@H]1c1ccccc1. The minimum atomic E-state index is -0.689. The minimum Gasteiger partial charge on any atom is -0.457 e. The Labute approximate surface area is 147 Å². The number of amides is 2. The maximum atomic E-state index is 13.3. The first-order valence-electron chi connectivity index (χ1n) is 8.64. The molecule has 2 aliphatic heterocycles. The summed E-state index contributed by atoms with van der Waals surface area (Å²) in [6.07, 6.45) is -1.14. The van der Waals surface area contributed by atoms with E-state index in [9.17, 15) is 14.4 Å². The van der Waals surface area contributed by atoms with Gasteiger partial charge in [-0.05, 0) is 17.4 Å². The Bertz CT molecular complexity index is 672. The molecule has 2 fully saturated rings. The van der Waals surface area contributed by atoms with Crippen molar-refractivity contribution in [3.8, 4) is 0 Å².